The van der Waals surface area contributed by atoms with Crippen LogP contribution in [0.25, 0.3) is 6.08 Å². The predicted octanol–water partition coefficient (Wildman–Crippen LogP) is 4.89. The molecule has 0 fully saturated rings. The number of hydrogen-bond acceptors (Lipinski definition) is 5. The lowest BCUT2D eigenvalue weighted by Crippen LogP contribution is -2.20. The van der Waals surface area contributed by atoms with Crippen LogP contribution in [0.15, 0.2) is 90.5 Å². The normalized spacial score (nSPS) is 10.9. The van der Waals surface area contributed by atoms with E-state index in [1.165, 1.54) is 6.08 Å². The highest BCUT2D eigenvalue weighted by Crippen LogP contribution is 2.27. The number of benzene rings is 3. The Balaban J connectivity index is 1.87. The first-order valence-electron chi connectivity index (χ1n) is 9.83. The van der Waals surface area contributed by atoms with Gasteiger partial charge in [0.05, 0.1) is 6.61 Å². The minimum atomic E-state index is -0.694. The number of nitrogens with zero attached hydrogens (tertiary/aromatic N) is 1. The van der Waals surface area contributed by atoms with E-state index < -0.39 is 17.9 Å². The molecule has 31 heavy (non-hydrogen) atoms. The Bertz CT molecular complexity index is 1080. The summed E-state index contributed by atoms with van der Waals surface area (Å²) in [4.78, 5) is 25.0. The first kappa shape index (κ1) is 21.5. The maximum Gasteiger partial charge on any atom is 0.348 e. The summed E-state index contributed by atoms with van der Waals surface area (Å²) in [6, 6.07) is 27.3. The molecule has 0 aromatic heterocycles. The van der Waals surface area contributed by atoms with Gasteiger partial charge in [-0.3, -0.25) is 4.79 Å². The van der Waals surface area contributed by atoms with E-state index in [0.29, 0.717) is 11.3 Å². The van der Waals surface area contributed by atoms with Crippen LogP contribution in [0, 0.1) is 11.3 Å². The topological polar surface area (TPSA) is 76.4 Å². The third-order valence-corrected chi connectivity index (χ3v) is 4.50. The van der Waals surface area contributed by atoms with Crippen LogP contribution >= 0.6 is 0 Å². The van der Waals surface area contributed by atoms with Crippen molar-refractivity contribution in [2.24, 2.45) is 0 Å². The second-order valence-electron chi connectivity index (χ2n) is 6.64. The van der Waals surface area contributed by atoms with Crippen molar-refractivity contribution in [2.75, 3.05) is 6.61 Å². The average Bonchev–Trinajstić information content (AvgIpc) is 2.79. The Kier molecular flexibility index (Phi) is 7.34. The van der Waals surface area contributed by atoms with Gasteiger partial charge in [-0.25, -0.2) is 4.79 Å². The SMILES string of the molecule is CCOC(=O)C(C#N)=Cc1cccc(OC(=O)C(c2ccccc2)c2ccccc2)c1. The summed E-state index contributed by atoms with van der Waals surface area (Å²) in [5.41, 5.74) is 2.07. The Labute approximate surface area is 181 Å². The van der Waals surface area contributed by atoms with Crippen molar-refractivity contribution in [3.05, 3.63) is 107 Å². The van der Waals surface area contributed by atoms with Crippen LogP contribution in [0.5, 0.6) is 5.75 Å². The summed E-state index contributed by atoms with van der Waals surface area (Å²) in [7, 11) is 0. The number of hydrogen-bond donors (Lipinski definition) is 0. The number of esters is 2. The maximum absolute atomic E-state index is 13.1. The van der Waals surface area contributed by atoms with Crippen molar-refractivity contribution < 1.29 is 19.1 Å². The molecule has 0 saturated carbocycles. The Hall–Kier alpha value is -4.17. The zero-order chi connectivity index (χ0) is 22.1. The lowest BCUT2D eigenvalue weighted by molar-refractivity contribution is -0.138. The molecule has 3 aromatic carbocycles. The molecule has 0 spiro atoms. The highest BCUT2D eigenvalue weighted by atomic mass is 16.5. The first-order valence-corrected chi connectivity index (χ1v) is 9.83. The molecule has 0 aliphatic carbocycles. The zero-order valence-corrected chi connectivity index (χ0v) is 17.0. The zero-order valence-electron chi connectivity index (χ0n) is 17.0. The summed E-state index contributed by atoms with van der Waals surface area (Å²) in [5, 5.41) is 9.22. The van der Waals surface area contributed by atoms with E-state index in [9.17, 15) is 14.9 Å². The van der Waals surface area contributed by atoms with Gasteiger partial charge in [-0.2, -0.15) is 5.26 Å². The van der Waals surface area contributed by atoms with Gasteiger partial charge < -0.3 is 9.47 Å². The van der Waals surface area contributed by atoms with Gasteiger partial charge in [0.2, 0.25) is 0 Å². The predicted molar refractivity (Wildman–Crippen MR) is 117 cm³/mol. The summed E-state index contributed by atoms with van der Waals surface area (Å²) < 4.78 is 10.6. The van der Waals surface area contributed by atoms with Crippen molar-refractivity contribution in [3.63, 3.8) is 0 Å². The van der Waals surface area contributed by atoms with Gasteiger partial charge in [0, 0.05) is 0 Å². The number of carbonyl (C=O) groups is 2. The van der Waals surface area contributed by atoms with Crippen LogP contribution in [0.1, 0.15) is 29.5 Å². The van der Waals surface area contributed by atoms with E-state index >= 15 is 0 Å². The third-order valence-electron chi connectivity index (χ3n) is 4.50. The fourth-order valence-electron chi connectivity index (χ4n) is 3.11. The average molecular weight is 411 g/mol. The smallest absolute Gasteiger partial charge is 0.348 e. The fraction of sp³-hybridized carbons (Fsp3) is 0.115. The second-order valence-corrected chi connectivity index (χ2v) is 6.64. The quantitative estimate of drug-likeness (QED) is 0.239. The standard InChI is InChI=1S/C26H21NO4/c1-2-30-25(28)22(18-27)16-19-10-9-15-23(17-19)31-26(29)24(20-11-5-3-6-12-20)21-13-7-4-8-14-21/h3-17,24H,2H2,1H3. The van der Waals surface area contributed by atoms with Gasteiger partial charge in [-0.1, -0.05) is 72.8 Å². The van der Waals surface area contributed by atoms with E-state index in [0.717, 1.165) is 11.1 Å². The highest BCUT2D eigenvalue weighted by Gasteiger charge is 2.24. The molecule has 0 N–H and O–H groups in total. The minimum Gasteiger partial charge on any atom is -0.462 e. The molecule has 0 aliphatic heterocycles. The molecule has 5 nitrogen and oxygen atoms in total. The number of rotatable bonds is 7. The van der Waals surface area contributed by atoms with Crippen LogP contribution in [0.3, 0.4) is 0 Å². The largest absolute Gasteiger partial charge is 0.462 e. The summed E-state index contributed by atoms with van der Waals surface area (Å²) in [6.45, 7) is 1.85. The summed E-state index contributed by atoms with van der Waals surface area (Å²) in [6.07, 6.45) is 1.40. The Morgan fingerprint density at radius 1 is 0.935 bits per heavy atom. The molecule has 5 heteroatoms. The molecule has 0 atom stereocenters. The fourth-order valence-corrected chi connectivity index (χ4v) is 3.11. The molecule has 0 saturated heterocycles. The maximum atomic E-state index is 13.1. The van der Waals surface area contributed by atoms with Crippen molar-refractivity contribution >= 4 is 18.0 Å². The van der Waals surface area contributed by atoms with Gasteiger partial charge >= 0.3 is 11.9 Å². The van der Waals surface area contributed by atoms with E-state index in [1.54, 1.807) is 31.2 Å². The molecule has 0 radical (unpaired) electrons. The molecule has 0 amide bonds. The molecular formula is C26H21NO4. The number of carbonyl (C=O) groups excluding carboxylic acids is 2. The van der Waals surface area contributed by atoms with Gasteiger partial charge in [0.1, 0.15) is 23.3 Å². The number of ether oxygens (including phenoxy) is 2. The summed E-state index contributed by atoms with van der Waals surface area (Å²) in [5.74, 6) is -1.39. The van der Waals surface area contributed by atoms with E-state index in [1.807, 2.05) is 66.7 Å². The molecule has 0 unspecified atom stereocenters. The molecule has 0 bridgehead atoms. The summed E-state index contributed by atoms with van der Waals surface area (Å²) >= 11 is 0. The van der Waals surface area contributed by atoms with Crippen LogP contribution in [0.4, 0.5) is 0 Å². The van der Waals surface area contributed by atoms with Gasteiger partial charge in [0.25, 0.3) is 0 Å². The molecule has 0 aliphatic rings. The van der Waals surface area contributed by atoms with Crippen LogP contribution in [-0.4, -0.2) is 18.5 Å². The van der Waals surface area contributed by atoms with Gasteiger partial charge in [0.15, 0.2) is 0 Å². The van der Waals surface area contributed by atoms with Crippen molar-refractivity contribution in [3.8, 4) is 11.8 Å². The van der Waals surface area contributed by atoms with E-state index in [4.69, 9.17) is 9.47 Å². The molecule has 3 rings (SSSR count). The Morgan fingerprint density at radius 3 is 2.10 bits per heavy atom. The third kappa shape index (κ3) is 5.68. The van der Waals surface area contributed by atoms with Crippen LogP contribution in [-0.2, 0) is 14.3 Å². The van der Waals surface area contributed by atoms with E-state index in [-0.39, 0.29) is 12.2 Å². The van der Waals surface area contributed by atoms with E-state index in [2.05, 4.69) is 0 Å². The lowest BCUT2D eigenvalue weighted by atomic mass is 9.91. The molecule has 0 heterocycles. The second kappa shape index (κ2) is 10.6. The number of nitriles is 1. The van der Waals surface area contributed by atoms with Crippen LogP contribution < -0.4 is 4.74 Å². The van der Waals surface area contributed by atoms with Crippen molar-refractivity contribution in [1.82, 2.24) is 0 Å². The first-order chi connectivity index (χ1) is 15.1. The van der Waals surface area contributed by atoms with Gasteiger partial charge in [-0.05, 0) is 41.8 Å². The highest BCUT2D eigenvalue weighted by molar-refractivity contribution is 5.98. The van der Waals surface area contributed by atoms with Crippen molar-refractivity contribution in [2.45, 2.75) is 12.8 Å². The minimum absolute atomic E-state index is 0.128. The molecular weight excluding hydrogens is 390 g/mol. The van der Waals surface area contributed by atoms with Crippen LogP contribution in [0.2, 0.25) is 0 Å². The molecule has 3 aromatic rings. The monoisotopic (exact) mass is 411 g/mol. The van der Waals surface area contributed by atoms with Crippen molar-refractivity contribution in [1.29, 1.82) is 5.26 Å². The Morgan fingerprint density at radius 2 is 1.55 bits per heavy atom. The molecule has 154 valence electrons. The lowest BCUT2D eigenvalue weighted by Gasteiger charge is -2.17. The van der Waals surface area contributed by atoms with Gasteiger partial charge in [-0.15, -0.1) is 0 Å².